The number of ether oxygens (including phenoxy) is 1. The molecule has 1 aliphatic rings. The highest BCUT2D eigenvalue weighted by atomic mass is 35.5. The number of halogens is 1. The average Bonchev–Trinajstić information content (AvgIpc) is 3.17. The fourth-order valence-corrected chi connectivity index (χ4v) is 3.48. The van der Waals surface area contributed by atoms with Gasteiger partial charge in [0.25, 0.3) is 5.91 Å². The second-order valence-corrected chi connectivity index (χ2v) is 7.18. The first-order valence-corrected chi connectivity index (χ1v) is 9.57. The lowest BCUT2D eigenvalue weighted by molar-refractivity contribution is -0.134. The van der Waals surface area contributed by atoms with E-state index in [-0.39, 0.29) is 23.1 Å². The topological polar surface area (TPSA) is 70.1 Å². The number of carbonyl (C=O) groups excluding carboxylic acids is 2. The number of likely N-dealkylation sites (N-methyl/N-ethyl adjacent to an activating group) is 1. The predicted molar refractivity (Wildman–Crippen MR) is 107 cm³/mol. The predicted octanol–water partition coefficient (Wildman–Crippen LogP) is 3.19. The summed E-state index contributed by atoms with van der Waals surface area (Å²) >= 11 is 5.93. The molecule has 1 fully saturated rings. The fourth-order valence-electron chi connectivity index (χ4n) is 3.30. The molecule has 0 bridgehead atoms. The van der Waals surface area contributed by atoms with Crippen molar-refractivity contribution >= 4 is 23.4 Å². The van der Waals surface area contributed by atoms with Crippen LogP contribution in [0, 0.1) is 0 Å². The van der Waals surface area contributed by atoms with E-state index >= 15 is 0 Å². The van der Waals surface area contributed by atoms with Crippen LogP contribution in [-0.2, 0) is 4.79 Å². The third-order valence-electron chi connectivity index (χ3n) is 4.80. The summed E-state index contributed by atoms with van der Waals surface area (Å²) in [4.78, 5) is 28.8. The summed E-state index contributed by atoms with van der Waals surface area (Å²) in [7, 11) is 1.70. The Labute approximate surface area is 169 Å². The molecule has 1 heterocycles. The van der Waals surface area contributed by atoms with Gasteiger partial charge in [0.15, 0.2) is 0 Å². The maximum Gasteiger partial charge on any atom is 0.258 e. The summed E-state index contributed by atoms with van der Waals surface area (Å²) in [5.74, 6) is 0.118. The van der Waals surface area contributed by atoms with Gasteiger partial charge in [0.05, 0.1) is 12.1 Å². The monoisotopic (exact) mass is 402 g/mol. The minimum atomic E-state index is -0.525. The Kier molecular flexibility index (Phi) is 6.41. The van der Waals surface area contributed by atoms with Crippen molar-refractivity contribution in [1.29, 1.82) is 0 Å². The second kappa shape index (κ2) is 8.97. The zero-order chi connectivity index (χ0) is 20.1. The summed E-state index contributed by atoms with van der Waals surface area (Å²) in [5, 5.41) is 10.5. The normalized spacial score (nSPS) is 16.1. The van der Waals surface area contributed by atoms with Gasteiger partial charge in [0, 0.05) is 18.6 Å². The third kappa shape index (κ3) is 4.57. The number of rotatable bonds is 6. The van der Waals surface area contributed by atoms with Gasteiger partial charge in [0.1, 0.15) is 24.1 Å². The summed E-state index contributed by atoms with van der Waals surface area (Å²) in [6.07, 6.45) is 1.36. The van der Waals surface area contributed by atoms with Gasteiger partial charge in [-0.25, -0.2) is 0 Å². The van der Waals surface area contributed by atoms with Gasteiger partial charge >= 0.3 is 0 Å². The Morgan fingerprint density at radius 3 is 2.79 bits per heavy atom. The van der Waals surface area contributed by atoms with E-state index in [0.717, 1.165) is 6.42 Å². The lowest BCUT2D eigenvalue weighted by atomic mass is 10.1. The van der Waals surface area contributed by atoms with Crippen LogP contribution in [0.4, 0.5) is 0 Å². The summed E-state index contributed by atoms with van der Waals surface area (Å²) in [6, 6.07) is 13.0. The molecule has 0 radical (unpaired) electrons. The molecule has 2 amide bonds. The van der Waals surface area contributed by atoms with Gasteiger partial charge in [-0.1, -0.05) is 29.8 Å². The molecular formula is C21H23ClN2O4. The highest BCUT2D eigenvalue weighted by Crippen LogP contribution is 2.25. The van der Waals surface area contributed by atoms with Crippen molar-refractivity contribution in [2.75, 3.05) is 26.7 Å². The summed E-state index contributed by atoms with van der Waals surface area (Å²) in [5.41, 5.74) is 0.217. The number of nitrogens with zero attached hydrogens (tertiary/aromatic N) is 2. The first-order chi connectivity index (χ1) is 13.5. The number of hydrogen-bond acceptors (Lipinski definition) is 4. The number of likely N-dealkylation sites (tertiary alicyclic amines) is 1. The van der Waals surface area contributed by atoms with E-state index < -0.39 is 6.04 Å². The van der Waals surface area contributed by atoms with Crippen LogP contribution in [0.25, 0.3) is 0 Å². The third-order valence-corrected chi connectivity index (χ3v) is 5.04. The van der Waals surface area contributed by atoms with Crippen molar-refractivity contribution in [3.63, 3.8) is 0 Å². The van der Waals surface area contributed by atoms with Gasteiger partial charge in [-0.15, -0.1) is 0 Å². The van der Waals surface area contributed by atoms with Gasteiger partial charge in [-0.05, 0) is 43.2 Å². The smallest absolute Gasteiger partial charge is 0.258 e. The Morgan fingerprint density at radius 1 is 1.25 bits per heavy atom. The SMILES string of the molecule is CN(CCOc1cccc(Cl)c1)C(=O)C1CCCN1C(=O)c1ccccc1O. The Hall–Kier alpha value is -2.73. The van der Waals surface area contributed by atoms with Crippen LogP contribution in [-0.4, -0.2) is 59.5 Å². The molecule has 2 aromatic rings. The van der Waals surface area contributed by atoms with E-state index in [1.807, 2.05) is 0 Å². The van der Waals surface area contributed by atoms with Crippen molar-refractivity contribution in [3.8, 4) is 11.5 Å². The number of aromatic hydroxyl groups is 1. The largest absolute Gasteiger partial charge is 0.507 e. The molecule has 148 valence electrons. The molecule has 2 aromatic carbocycles. The molecule has 1 atom stereocenters. The second-order valence-electron chi connectivity index (χ2n) is 6.74. The zero-order valence-electron chi connectivity index (χ0n) is 15.7. The maximum absolute atomic E-state index is 12.9. The fraction of sp³-hybridized carbons (Fsp3) is 0.333. The van der Waals surface area contributed by atoms with Gasteiger partial charge < -0.3 is 19.6 Å². The van der Waals surface area contributed by atoms with Crippen molar-refractivity contribution in [3.05, 3.63) is 59.1 Å². The van der Waals surface area contributed by atoms with Crippen LogP contribution in [0.15, 0.2) is 48.5 Å². The van der Waals surface area contributed by atoms with E-state index in [1.165, 1.54) is 6.07 Å². The molecule has 28 heavy (non-hydrogen) atoms. The zero-order valence-corrected chi connectivity index (χ0v) is 16.4. The van der Waals surface area contributed by atoms with Gasteiger partial charge in [-0.2, -0.15) is 0 Å². The lowest BCUT2D eigenvalue weighted by Crippen LogP contribution is -2.47. The van der Waals surface area contributed by atoms with E-state index in [1.54, 1.807) is 59.3 Å². The minimum Gasteiger partial charge on any atom is -0.507 e. The van der Waals surface area contributed by atoms with Crippen molar-refractivity contribution in [2.45, 2.75) is 18.9 Å². The molecule has 1 N–H and O–H groups in total. The van der Waals surface area contributed by atoms with E-state index in [4.69, 9.17) is 16.3 Å². The van der Waals surface area contributed by atoms with E-state index in [9.17, 15) is 14.7 Å². The molecule has 1 saturated heterocycles. The van der Waals surface area contributed by atoms with E-state index in [0.29, 0.717) is 36.9 Å². The molecule has 0 spiro atoms. The van der Waals surface area contributed by atoms with Gasteiger partial charge in [0.2, 0.25) is 5.91 Å². The number of para-hydroxylation sites is 1. The van der Waals surface area contributed by atoms with Crippen LogP contribution in [0.3, 0.4) is 0 Å². The number of carbonyl (C=O) groups is 2. The van der Waals surface area contributed by atoms with Crippen LogP contribution >= 0.6 is 11.6 Å². The summed E-state index contributed by atoms with van der Waals surface area (Å²) in [6.45, 7) is 1.21. The number of phenolic OH excluding ortho intramolecular Hbond substituents is 1. The number of benzene rings is 2. The maximum atomic E-state index is 12.9. The number of phenols is 1. The summed E-state index contributed by atoms with van der Waals surface area (Å²) < 4.78 is 5.64. The van der Waals surface area contributed by atoms with Crippen LogP contribution < -0.4 is 4.74 Å². The molecule has 0 saturated carbocycles. The van der Waals surface area contributed by atoms with Crippen molar-refractivity contribution in [2.24, 2.45) is 0 Å². The van der Waals surface area contributed by atoms with Crippen LogP contribution in [0.2, 0.25) is 5.02 Å². The quantitative estimate of drug-likeness (QED) is 0.805. The number of hydrogen-bond donors (Lipinski definition) is 1. The van der Waals surface area contributed by atoms with Crippen molar-refractivity contribution in [1.82, 2.24) is 9.80 Å². The molecule has 1 aliphatic heterocycles. The lowest BCUT2D eigenvalue weighted by Gasteiger charge is -2.28. The van der Waals surface area contributed by atoms with Crippen LogP contribution in [0.1, 0.15) is 23.2 Å². The van der Waals surface area contributed by atoms with Gasteiger partial charge in [-0.3, -0.25) is 9.59 Å². The van der Waals surface area contributed by atoms with Crippen molar-refractivity contribution < 1.29 is 19.4 Å². The first kappa shape index (κ1) is 20.0. The Balaban J connectivity index is 1.59. The highest BCUT2D eigenvalue weighted by Gasteiger charge is 2.36. The standard InChI is InChI=1S/C21H23ClN2O4/c1-23(12-13-28-16-7-4-6-15(22)14-16)21(27)18-9-5-11-24(18)20(26)17-8-2-3-10-19(17)25/h2-4,6-8,10,14,18,25H,5,9,11-13H2,1H3. The molecule has 1 unspecified atom stereocenters. The highest BCUT2D eigenvalue weighted by molar-refractivity contribution is 6.30. The molecular weight excluding hydrogens is 380 g/mol. The number of amides is 2. The van der Waals surface area contributed by atoms with E-state index in [2.05, 4.69) is 0 Å². The Morgan fingerprint density at radius 2 is 2.04 bits per heavy atom. The molecule has 0 aromatic heterocycles. The minimum absolute atomic E-state index is 0.0751. The Bertz CT molecular complexity index is 858. The average molecular weight is 403 g/mol. The molecule has 6 nitrogen and oxygen atoms in total. The van der Waals surface area contributed by atoms with Crippen LogP contribution in [0.5, 0.6) is 11.5 Å². The first-order valence-electron chi connectivity index (χ1n) is 9.19. The molecule has 7 heteroatoms. The molecule has 3 rings (SSSR count). The molecule has 0 aliphatic carbocycles.